The molecule has 2 N–H and O–H groups in total. The van der Waals surface area contributed by atoms with Gasteiger partial charge < -0.3 is 10.3 Å². The summed E-state index contributed by atoms with van der Waals surface area (Å²) < 4.78 is 5.36. The van der Waals surface area contributed by atoms with Crippen molar-refractivity contribution in [3.05, 3.63) is 11.7 Å². The standard InChI is InChI=1S/C15H26N4O/c1-2-9-19(13-7-5-12(16)6-8-13)10-14-17-15(20-18-14)11-3-4-11/h11-13H,2-10,16H2,1H3. The van der Waals surface area contributed by atoms with Crippen molar-refractivity contribution in [2.45, 2.75) is 76.4 Å². The second kappa shape index (κ2) is 6.22. The first-order chi connectivity index (χ1) is 9.76. The predicted molar refractivity (Wildman–Crippen MR) is 77.2 cm³/mol. The topological polar surface area (TPSA) is 68.2 Å². The minimum atomic E-state index is 0.404. The van der Waals surface area contributed by atoms with E-state index in [2.05, 4.69) is 22.0 Å². The monoisotopic (exact) mass is 278 g/mol. The molecule has 0 radical (unpaired) electrons. The molecule has 2 aliphatic rings. The molecule has 0 aliphatic heterocycles. The zero-order valence-electron chi connectivity index (χ0n) is 12.4. The number of nitrogens with two attached hydrogens (primary N) is 1. The Morgan fingerprint density at radius 3 is 2.60 bits per heavy atom. The number of hydrogen-bond donors (Lipinski definition) is 1. The van der Waals surface area contributed by atoms with Crippen LogP contribution >= 0.6 is 0 Å². The van der Waals surface area contributed by atoms with Gasteiger partial charge in [-0.1, -0.05) is 12.1 Å². The van der Waals surface area contributed by atoms with Gasteiger partial charge >= 0.3 is 0 Å². The van der Waals surface area contributed by atoms with Crippen LogP contribution in [0.2, 0.25) is 0 Å². The third-order valence-corrected chi connectivity index (χ3v) is 4.52. The van der Waals surface area contributed by atoms with Gasteiger partial charge in [0.25, 0.3) is 0 Å². The van der Waals surface area contributed by atoms with E-state index in [0.717, 1.165) is 44.1 Å². The first kappa shape index (κ1) is 14.0. The molecular formula is C15H26N4O. The lowest BCUT2D eigenvalue weighted by Crippen LogP contribution is -2.41. The normalized spacial score (nSPS) is 27.1. The fraction of sp³-hybridized carbons (Fsp3) is 0.867. The Labute approximate surface area is 120 Å². The van der Waals surface area contributed by atoms with Crippen molar-refractivity contribution in [2.24, 2.45) is 5.73 Å². The molecule has 0 saturated heterocycles. The van der Waals surface area contributed by atoms with Gasteiger partial charge in [0.1, 0.15) is 0 Å². The lowest BCUT2D eigenvalue weighted by Gasteiger charge is -2.35. The summed E-state index contributed by atoms with van der Waals surface area (Å²) in [6, 6.07) is 1.04. The second-order valence-corrected chi connectivity index (χ2v) is 6.36. The number of hydrogen-bond acceptors (Lipinski definition) is 5. The minimum absolute atomic E-state index is 0.404. The SMILES string of the molecule is CCCN(Cc1noc(C2CC2)n1)C1CCC(N)CC1. The Kier molecular flexibility index (Phi) is 4.36. The molecule has 5 nitrogen and oxygen atoms in total. The van der Waals surface area contributed by atoms with Gasteiger partial charge in [-0.05, 0) is 51.5 Å². The van der Waals surface area contributed by atoms with E-state index in [1.807, 2.05) is 0 Å². The molecule has 0 aromatic carbocycles. The van der Waals surface area contributed by atoms with Crippen molar-refractivity contribution >= 4 is 0 Å². The fourth-order valence-electron chi connectivity index (χ4n) is 3.15. The highest BCUT2D eigenvalue weighted by Crippen LogP contribution is 2.38. The van der Waals surface area contributed by atoms with Crippen molar-refractivity contribution in [3.8, 4) is 0 Å². The lowest BCUT2D eigenvalue weighted by molar-refractivity contribution is 0.137. The quantitative estimate of drug-likeness (QED) is 0.865. The zero-order valence-corrected chi connectivity index (χ0v) is 12.4. The van der Waals surface area contributed by atoms with Crippen LogP contribution in [0.15, 0.2) is 4.52 Å². The summed E-state index contributed by atoms with van der Waals surface area (Å²) in [4.78, 5) is 7.08. The van der Waals surface area contributed by atoms with Crippen LogP contribution in [0.3, 0.4) is 0 Å². The second-order valence-electron chi connectivity index (χ2n) is 6.36. The molecule has 1 heterocycles. The Balaban J connectivity index is 1.60. The highest BCUT2D eigenvalue weighted by molar-refractivity contribution is 5.02. The summed E-state index contributed by atoms with van der Waals surface area (Å²) in [5, 5.41) is 4.16. The molecule has 1 aromatic heterocycles. The average molecular weight is 278 g/mol. The van der Waals surface area contributed by atoms with Crippen LogP contribution in [0.4, 0.5) is 0 Å². The van der Waals surface area contributed by atoms with Gasteiger partial charge in [-0.2, -0.15) is 4.98 Å². The molecule has 2 saturated carbocycles. The predicted octanol–water partition coefficient (Wildman–Crippen LogP) is 2.43. The van der Waals surface area contributed by atoms with E-state index in [9.17, 15) is 0 Å². The highest BCUT2D eigenvalue weighted by atomic mass is 16.5. The van der Waals surface area contributed by atoms with Crippen molar-refractivity contribution in [2.75, 3.05) is 6.54 Å². The molecule has 2 aliphatic carbocycles. The van der Waals surface area contributed by atoms with Gasteiger partial charge in [0.2, 0.25) is 5.89 Å². The maximum Gasteiger partial charge on any atom is 0.229 e. The van der Waals surface area contributed by atoms with Crippen LogP contribution in [-0.2, 0) is 6.54 Å². The molecule has 20 heavy (non-hydrogen) atoms. The summed E-state index contributed by atoms with van der Waals surface area (Å²) in [6.45, 7) is 4.16. The van der Waals surface area contributed by atoms with Crippen molar-refractivity contribution in [3.63, 3.8) is 0 Å². The highest BCUT2D eigenvalue weighted by Gasteiger charge is 2.30. The molecule has 1 aromatic rings. The van der Waals surface area contributed by atoms with E-state index in [-0.39, 0.29) is 0 Å². The molecule has 2 fully saturated rings. The van der Waals surface area contributed by atoms with E-state index in [1.165, 1.54) is 25.7 Å². The van der Waals surface area contributed by atoms with Gasteiger partial charge in [-0.15, -0.1) is 0 Å². The largest absolute Gasteiger partial charge is 0.339 e. The van der Waals surface area contributed by atoms with Crippen LogP contribution in [0.1, 0.15) is 69.5 Å². The Bertz CT molecular complexity index is 421. The van der Waals surface area contributed by atoms with E-state index >= 15 is 0 Å². The Morgan fingerprint density at radius 2 is 1.95 bits per heavy atom. The number of aromatic nitrogens is 2. The molecule has 5 heteroatoms. The Morgan fingerprint density at radius 1 is 1.20 bits per heavy atom. The van der Waals surface area contributed by atoms with Crippen molar-refractivity contribution < 1.29 is 4.52 Å². The lowest BCUT2D eigenvalue weighted by atomic mass is 9.90. The molecule has 112 valence electrons. The molecule has 0 bridgehead atoms. The van der Waals surface area contributed by atoms with E-state index in [4.69, 9.17) is 10.3 Å². The third-order valence-electron chi connectivity index (χ3n) is 4.52. The van der Waals surface area contributed by atoms with E-state index in [1.54, 1.807) is 0 Å². The first-order valence-electron chi connectivity index (χ1n) is 8.08. The van der Waals surface area contributed by atoms with Crippen LogP contribution < -0.4 is 5.73 Å². The third kappa shape index (κ3) is 3.38. The summed E-state index contributed by atoms with van der Waals surface area (Å²) in [6.07, 6.45) is 8.27. The maximum atomic E-state index is 6.01. The molecule has 0 amide bonds. The van der Waals surface area contributed by atoms with E-state index in [0.29, 0.717) is 18.0 Å². The molecule has 3 rings (SSSR count). The summed E-state index contributed by atoms with van der Waals surface area (Å²) in [5.41, 5.74) is 6.01. The Hall–Kier alpha value is -0.940. The average Bonchev–Trinajstić information content (AvgIpc) is 3.20. The van der Waals surface area contributed by atoms with Crippen LogP contribution in [0, 0.1) is 0 Å². The van der Waals surface area contributed by atoms with Gasteiger partial charge in [0.15, 0.2) is 5.82 Å². The molecular weight excluding hydrogens is 252 g/mol. The van der Waals surface area contributed by atoms with E-state index < -0.39 is 0 Å². The van der Waals surface area contributed by atoms with Gasteiger partial charge in [-0.3, -0.25) is 4.90 Å². The number of nitrogens with zero attached hydrogens (tertiary/aromatic N) is 3. The maximum absolute atomic E-state index is 6.01. The van der Waals surface area contributed by atoms with Crippen LogP contribution in [0.25, 0.3) is 0 Å². The molecule has 0 atom stereocenters. The smallest absolute Gasteiger partial charge is 0.229 e. The van der Waals surface area contributed by atoms with Gasteiger partial charge in [0, 0.05) is 18.0 Å². The molecule has 0 spiro atoms. The van der Waals surface area contributed by atoms with Crippen LogP contribution in [-0.4, -0.2) is 33.7 Å². The minimum Gasteiger partial charge on any atom is -0.339 e. The molecule has 0 unspecified atom stereocenters. The van der Waals surface area contributed by atoms with Gasteiger partial charge in [0.05, 0.1) is 6.54 Å². The number of rotatable bonds is 6. The summed E-state index contributed by atoms with van der Waals surface area (Å²) in [5.74, 6) is 2.25. The summed E-state index contributed by atoms with van der Waals surface area (Å²) in [7, 11) is 0. The fourth-order valence-corrected chi connectivity index (χ4v) is 3.15. The first-order valence-corrected chi connectivity index (χ1v) is 8.08. The zero-order chi connectivity index (χ0) is 13.9. The van der Waals surface area contributed by atoms with Gasteiger partial charge in [-0.25, -0.2) is 0 Å². The van der Waals surface area contributed by atoms with Crippen LogP contribution in [0.5, 0.6) is 0 Å². The van der Waals surface area contributed by atoms with Crippen molar-refractivity contribution in [1.82, 2.24) is 15.0 Å². The van der Waals surface area contributed by atoms with Crippen molar-refractivity contribution in [1.29, 1.82) is 0 Å². The summed E-state index contributed by atoms with van der Waals surface area (Å²) >= 11 is 0.